The molecule has 34 heavy (non-hydrogen) atoms. The molecule has 1 atom stereocenters. The lowest BCUT2D eigenvalue weighted by Crippen LogP contribution is -2.28. The van der Waals surface area contributed by atoms with Crippen molar-refractivity contribution in [2.45, 2.75) is 13.3 Å². The Morgan fingerprint density at radius 2 is 1.68 bits per heavy atom. The molecule has 1 aliphatic rings. The highest BCUT2D eigenvalue weighted by Crippen LogP contribution is 2.27. The van der Waals surface area contributed by atoms with Gasteiger partial charge in [-0.05, 0) is 49.4 Å². The van der Waals surface area contributed by atoms with Crippen LogP contribution in [0.2, 0.25) is 0 Å². The number of hydrogen-bond acceptors (Lipinski definition) is 5. The van der Waals surface area contributed by atoms with Crippen molar-refractivity contribution in [1.29, 1.82) is 0 Å². The first-order valence-electron chi connectivity index (χ1n) is 10.6. The normalized spacial score (nSPS) is 15.1. The van der Waals surface area contributed by atoms with Gasteiger partial charge in [0.1, 0.15) is 0 Å². The van der Waals surface area contributed by atoms with Gasteiger partial charge < -0.3 is 15.5 Å². The van der Waals surface area contributed by atoms with E-state index in [2.05, 4.69) is 10.6 Å². The summed E-state index contributed by atoms with van der Waals surface area (Å²) in [5.41, 5.74) is 2.23. The van der Waals surface area contributed by atoms with E-state index in [1.807, 2.05) is 30.3 Å². The van der Waals surface area contributed by atoms with E-state index in [4.69, 9.17) is 0 Å². The van der Waals surface area contributed by atoms with Crippen molar-refractivity contribution in [3.05, 3.63) is 94.0 Å². The Morgan fingerprint density at radius 1 is 0.971 bits per heavy atom. The van der Waals surface area contributed by atoms with Gasteiger partial charge in [0.25, 0.3) is 11.6 Å². The monoisotopic (exact) mass is 458 g/mol. The van der Waals surface area contributed by atoms with Crippen LogP contribution in [0.25, 0.3) is 0 Å². The van der Waals surface area contributed by atoms with Gasteiger partial charge in [0.15, 0.2) is 0 Å². The molecule has 172 valence electrons. The van der Waals surface area contributed by atoms with Gasteiger partial charge in [0, 0.05) is 36.0 Å². The number of hydrogen-bond donors (Lipinski definition) is 2. The second kappa shape index (κ2) is 9.53. The van der Waals surface area contributed by atoms with Crippen LogP contribution in [0.4, 0.5) is 22.7 Å². The number of anilines is 3. The summed E-state index contributed by atoms with van der Waals surface area (Å²) >= 11 is 0. The number of rotatable bonds is 6. The van der Waals surface area contributed by atoms with Crippen molar-refractivity contribution in [3.63, 3.8) is 0 Å². The fourth-order valence-electron chi connectivity index (χ4n) is 3.84. The maximum Gasteiger partial charge on any atom is 0.274 e. The summed E-state index contributed by atoms with van der Waals surface area (Å²) in [5, 5.41) is 16.6. The standard InChI is InChI=1S/C25H22N4O5/c1-16-21(8-5-9-22(16)29(33)34)27-24(31)17-10-12-19(13-11-17)26-25(32)18-14-23(30)28(15-18)20-6-3-2-4-7-20/h2-13,18H,14-15H2,1H3,(H,26,32)(H,27,31). The molecule has 0 aromatic heterocycles. The van der Waals surface area contributed by atoms with Crippen LogP contribution >= 0.6 is 0 Å². The highest BCUT2D eigenvalue weighted by atomic mass is 16.6. The third kappa shape index (κ3) is 4.78. The zero-order chi connectivity index (χ0) is 24.2. The Balaban J connectivity index is 1.38. The van der Waals surface area contributed by atoms with Gasteiger partial charge in [0.05, 0.1) is 22.1 Å². The summed E-state index contributed by atoms with van der Waals surface area (Å²) in [6.45, 7) is 1.87. The van der Waals surface area contributed by atoms with E-state index in [1.165, 1.54) is 12.1 Å². The molecule has 0 spiro atoms. The molecule has 3 aromatic carbocycles. The lowest BCUT2D eigenvalue weighted by molar-refractivity contribution is -0.385. The summed E-state index contributed by atoms with van der Waals surface area (Å²) in [6.07, 6.45) is 0.129. The first-order chi connectivity index (χ1) is 16.3. The largest absolute Gasteiger partial charge is 0.326 e. The zero-order valence-electron chi connectivity index (χ0n) is 18.4. The van der Waals surface area contributed by atoms with Gasteiger partial charge in [-0.3, -0.25) is 24.5 Å². The predicted molar refractivity (Wildman–Crippen MR) is 128 cm³/mol. The van der Waals surface area contributed by atoms with Crippen LogP contribution in [0.15, 0.2) is 72.8 Å². The molecule has 0 aliphatic carbocycles. The molecular weight excluding hydrogens is 436 g/mol. The minimum Gasteiger partial charge on any atom is -0.326 e. The number of carbonyl (C=O) groups excluding carboxylic acids is 3. The van der Waals surface area contributed by atoms with Crippen LogP contribution in [0, 0.1) is 23.0 Å². The lowest BCUT2D eigenvalue weighted by atomic mass is 10.1. The number of benzene rings is 3. The van der Waals surface area contributed by atoms with Gasteiger partial charge in [-0.15, -0.1) is 0 Å². The average Bonchev–Trinajstić information content (AvgIpc) is 3.23. The molecule has 1 aliphatic heterocycles. The van der Waals surface area contributed by atoms with Gasteiger partial charge in [-0.25, -0.2) is 0 Å². The molecule has 1 unspecified atom stereocenters. The first-order valence-corrected chi connectivity index (χ1v) is 10.6. The summed E-state index contributed by atoms with van der Waals surface area (Å²) in [6, 6.07) is 20.0. The van der Waals surface area contributed by atoms with Gasteiger partial charge in [-0.2, -0.15) is 0 Å². The van der Waals surface area contributed by atoms with E-state index in [0.29, 0.717) is 29.0 Å². The molecule has 1 saturated heterocycles. The first kappa shape index (κ1) is 22.7. The van der Waals surface area contributed by atoms with E-state index in [1.54, 1.807) is 42.2 Å². The topological polar surface area (TPSA) is 122 Å². The summed E-state index contributed by atoms with van der Waals surface area (Å²) < 4.78 is 0. The molecule has 9 nitrogen and oxygen atoms in total. The molecule has 9 heteroatoms. The molecule has 1 heterocycles. The van der Waals surface area contributed by atoms with Gasteiger partial charge in [-0.1, -0.05) is 24.3 Å². The van der Waals surface area contributed by atoms with E-state index < -0.39 is 16.7 Å². The van der Waals surface area contributed by atoms with Crippen LogP contribution in [0.5, 0.6) is 0 Å². The van der Waals surface area contributed by atoms with Gasteiger partial charge in [0.2, 0.25) is 11.8 Å². The number of amides is 3. The number of nitro benzene ring substituents is 1. The number of nitrogens with zero attached hydrogens (tertiary/aromatic N) is 2. The summed E-state index contributed by atoms with van der Waals surface area (Å²) in [7, 11) is 0. The Labute approximate surface area is 195 Å². The molecule has 1 fully saturated rings. The smallest absolute Gasteiger partial charge is 0.274 e. The molecule has 0 bridgehead atoms. The Bertz CT molecular complexity index is 1260. The Kier molecular flexibility index (Phi) is 6.35. The lowest BCUT2D eigenvalue weighted by Gasteiger charge is -2.16. The van der Waals surface area contributed by atoms with E-state index in [-0.39, 0.29) is 23.9 Å². The Morgan fingerprint density at radius 3 is 2.35 bits per heavy atom. The highest BCUT2D eigenvalue weighted by molar-refractivity contribution is 6.06. The van der Waals surface area contributed by atoms with Gasteiger partial charge >= 0.3 is 0 Å². The zero-order valence-corrected chi connectivity index (χ0v) is 18.4. The minimum absolute atomic E-state index is 0.0768. The SMILES string of the molecule is Cc1c(NC(=O)c2ccc(NC(=O)C3CC(=O)N(c4ccccc4)C3)cc2)cccc1[N+](=O)[O-]. The third-order valence-corrected chi connectivity index (χ3v) is 5.73. The fraction of sp³-hybridized carbons (Fsp3) is 0.160. The van der Waals surface area contributed by atoms with Crippen LogP contribution in [-0.4, -0.2) is 29.2 Å². The van der Waals surface area contributed by atoms with Crippen molar-refractivity contribution >= 4 is 40.5 Å². The van der Waals surface area contributed by atoms with Crippen LogP contribution in [0.1, 0.15) is 22.3 Å². The van der Waals surface area contributed by atoms with E-state index in [0.717, 1.165) is 5.69 Å². The number of nitrogens with one attached hydrogen (secondary N) is 2. The molecule has 4 rings (SSSR count). The Hall–Kier alpha value is -4.53. The minimum atomic E-state index is -0.501. The van der Waals surface area contributed by atoms with E-state index in [9.17, 15) is 24.5 Å². The number of nitro groups is 1. The molecule has 3 amide bonds. The molecular formula is C25H22N4O5. The number of para-hydroxylation sites is 1. The van der Waals surface area contributed by atoms with Crippen LogP contribution in [0.3, 0.4) is 0 Å². The highest BCUT2D eigenvalue weighted by Gasteiger charge is 2.35. The van der Waals surface area contributed by atoms with Crippen molar-refractivity contribution < 1.29 is 19.3 Å². The molecule has 2 N–H and O–H groups in total. The van der Waals surface area contributed by atoms with Crippen molar-refractivity contribution in [2.24, 2.45) is 5.92 Å². The molecule has 0 saturated carbocycles. The van der Waals surface area contributed by atoms with E-state index >= 15 is 0 Å². The maximum atomic E-state index is 12.7. The second-order valence-electron chi connectivity index (χ2n) is 7.97. The van der Waals surface area contributed by atoms with Crippen molar-refractivity contribution in [2.75, 3.05) is 22.1 Å². The maximum absolute atomic E-state index is 12.7. The quantitative estimate of drug-likeness (QED) is 0.425. The average molecular weight is 458 g/mol. The summed E-state index contributed by atoms with van der Waals surface area (Å²) in [5.74, 6) is -1.28. The van der Waals surface area contributed by atoms with Crippen LogP contribution in [-0.2, 0) is 9.59 Å². The van der Waals surface area contributed by atoms with Crippen molar-refractivity contribution in [3.8, 4) is 0 Å². The predicted octanol–water partition coefficient (Wildman–Crippen LogP) is 4.15. The summed E-state index contributed by atoms with van der Waals surface area (Å²) in [4.78, 5) is 49.8. The fourth-order valence-corrected chi connectivity index (χ4v) is 3.84. The van der Waals surface area contributed by atoms with Crippen molar-refractivity contribution in [1.82, 2.24) is 0 Å². The third-order valence-electron chi connectivity index (χ3n) is 5.73. The molecule has 0 radical (unpaired) electrons. The number of carbonyl (C=O) groups is 3. The second-order valence-corrected chi connectivity index (χ2v) is 7.97. The molecule has 3 aromatic rings. The van der Waals surface area contributed by atoms with Crippen LogP contribution < -0.4 is 15.5 Å².